The second-order valence-electron chi connectivity index (χ2n) is 3.87. The van der Waals surface area contributed by atoms with Gasteiger partial charge in [0.2, 0.25) is 10.0 Å². The minimum Gasteiger partial charge on any atom is -0.326 e. The number of sulfonamides is 1. The Kier molecular flexibility index (Phi) is 2.96. The summed E-state index contributed by atoms with van der Waals surface area (Å²) >= 11 is 0. The normalized spacial score (nSPS) is 22.5. The highest BCUT2D eigenvalue weighted by atomic mass is 32.2. The topological polar surface area (TPSA) is 63.4 Å². The second-order valence-corrected chi connectivity index (χ2v) is 5.81. The lowest BCUT2D eigenvalue weighted by Crippen LogP contribution is -2.32. The van der Waals surface area contributed by atoms with Gasteiger partial charge in [0.25, 0.3) is 0 Å². The van der Waals surface area contributed by atoms with Crippen molar-refractivity contribution in [3.8, 4) is 0 Å². The predicted octanol–water partition coefficient (Wildman–Crippen LogP) is 0.547. The fourth-order valence-electron chi connectivity index (χ4n) is 1.75. The van der Waals surface area contributed by atoms with Crippen LogP contribution in [0.4, 0.5) is 4.39 Å². The van der Waals surface area contributed by atoms with Gasteiger partial charge in [-0.3, -0.25) is 0 Å². The van der Waals surface area contributed by atoms with Crippen LogP contribution in [0.1, 0.15) is 6.42 Å². The first kappa shape index (κ1) is 11.5. The van der Waals surface area contributed by atoms with Crippen LogP contribution in [0.15, 0.2) is 29.2 Å². The molecule has 1 aromatic carbocycles. The number of hydrogen-bond donors (Lipinski definition) is 1. The first-order valence-corrected chi connectivity index (χ1v) is 6.45. The highest BCUT2D eigenvalue weighted by Crippen LogP contribution is 2.20. The van der Waals surface area contributed by atoms with E-state index >= 15 is 0 Å². The van der Waals surface area contributed by atoms with Crippen molar-refractivity contribution in [1.82, 2.24) is 4.31 Å². The molecule has 0 amide bonds. The number of nitrogens with two attached hydrogens (primary N) is 1. The third kappa shape index (κ3) is 2.09. The van der Waals surface area contributed by atoms with Crippen LogP contribution in [-0.2, 0) is 10.0 Å². The van der Waals surface area contributed by atoms with E-state index in [0.29, 0.717) is 19.5 Å². The Morgan fingerprint density at radius 1 is 1.44 bits per heavy atom. The molecule has 0 bridgehead atoms. The first-order valence-electron chi connectivity index (χ1n) is 5.01. The third-order valence-electron chi connectivity index (χ3n) is 2.62. The van der Waals surface area contributed by atoms with Crippen LogP contribution < -0.4 is 5.73 Å². The molecule has 0 aliphatic carbocycles. The molecule has 1 aliphatic rings. The number of hydrogen-bond acceptors (Lipinski definition) is 3. The largest absolute Gasteiger partial charge is 0.326 e. The molecule has 1 atom stereocenters. The number of nitrogens with zero attached hydrogens (tertiary/aromatic N) is 1. The average Bonchev–Trinajstić information content (AvgIpc) is 2.65. The molecule has 6 heteroatoms. The minimum absolute atomic E-state index is 0.0124. The molecule has 1 aromatic rings. The molecule has 0 aromatic heterocycles. The van der Waals surface area contributed by atoms with Crippen LogP contribution in [0.5, 0.6) is 0 Å². The van der Waals surface area contributed by atoms with Crippen molar-refractivity contribution in [2.24, 2.45) is 5.73 Å². The highest BCUT2D eigenvalue weighted by Gasteiger charge is 2.30. The van der Waals surface area contributed by atoms with Crippen LogP contribution in [-0.4, -0.2) is 31.9 Å². The molecule has 1 saturated heterocycles. The van der Waals surface area contributed by atoms with Crippen LogP contribution in [0.2, 0.25) is 0 Å². The molecule has 0 radical (unpaired) electrons. The molecule has 4 nitrogen and oxygen atoms in total. The lowest BCUT2D eigenvalue weighted by atomic mass is 10.3. The zero-order valence-electron chi connectivity index (χ0n) is 8.64. The molecule has 16 heavy (non-hydrogen) atoms. The van der Waals surface area contributed by atoms with Gasteiger partial charge in [-0.1, -0.05) is 6.07 Å². The summed E-state index contributed by atoms with van der Waals surface area (Å²) in [4.78, 5) is -0.0124. The van der Waals surface area contributed by atoms with Crippen molar-refractivity contribution in [2.75, 3.05) is 13.1 Å². The predicted molar refractivity (Wildman–Crippen MR) is 57.8 cm³/mol. The Morgan fingerprint density at radius 2 is 2.19 bits per heavy atom. The van der Waals surface area contributed by atoms with Gasteiger partial charge < -0.3 is 5.73 Å². The highest BCUT2D eigenvalue weighted by molar-refractivity contribution is 7.89. The number of halogens is 1. The van der Waals surface area contributed by atoms with Gasteiger partial charge in [-0.25, -0.2) is 12.8 Å². The second kappa shape index (κ2) is 4.12. The van der Waals surface area contributed by atoms with E-state index in [1.165, 1.54) is 22.5 Å². The number of rotatable bonds is 2. The lowest BCUT2D eigenvalue weighted by Gasteiger charge is -2.15. The van der Waals surface area contributed by atoms with Crippen molar-refractivity contribution >= 4 is 10.0 Å². The first-order chi connectivity index (χ1) is 7.50. The molecule has 2 rings (SSSR count). The minimum atomic E-state index is -3.58. The van der Waals surface area contributed by atoms with Gasteiger partial charge >= 0.3 is 0 Å². The molecule has 0 unspecified atom stereocenters. The van der Waals surface area contributed by atoms with E-state index in [0.717, 1.165) is 6.07 Å². The van der Waals surface area contributed by atoms with Gasteiger partial charge in [0.15, 0.2) is 0 Å². The maximum atomic E-state index is 13.0. The maximum Gasteiger partial charge on any atom is 0.243 e. The maximum absolute atomic E-state index is 13.0. The van der Waals surface area contributed by atoms with E-state index in [2.05, 4.69) is 0 Å². The van der Waals surface area contributed by atoms with E-state index in [-0.39, 0.29) is 10.9 Å². The molecule has 1 aliphatic heterocycles. The molecular formula is C10H13FN2O2S. The van der Waals surface area contributed by atoms with Gasteiger partial charge in [-0.05, 0) is 24.6 Å². The Balaban J connectivity index is 2.32. The molecule has 1 fully saturated rings. The SMILES string of the molecule is N[C@H]1CCN(S(=O)(=O)c2cccc(F)c2)C1. The van der Waals surface area contributed by atoms with Gasteiger partial charge in [-0.2, -0.15) is 4.31 Å². The fourth-order valence-corrected chi connectivity index (χ4v) is 3.29. The Labute approximate surface area is 93.9 Å². The third-order valence-corrected chi connectivity index (χ3v) is 4.48. The van der Waals surface area contributed by atoms with Gasteiger partial charge in [-0.15, -0.1) is 0 Å². The molecule has 0 saturated carbocycles. The van der Waals surface area contributed by atoms with Crippen molar-refractivity contribution < 1.29 is 12.8 Å². The van der Waals surface area contributed by atoms with Gasteiger partial charge in [0, 0.05) is 19.1 Å². The molecule has 0 spiro atoms. The summed E-state index contributed by atoms with van der Waals surface area (Å²) in [5.41, 5.74) is 5.65. The monoisotopic (exact) mass is 244 g/mol. The summed E-state index contributed by atoms with van der Waals surface area (Å²) in [6.07, 6.45) is 0.647. The average molecular weight is 244 g/mol. The Hall–Kier alpha value is -0.980. The summed E-state index contributed by atoms with van der Waals surface area (Å²) in [5.74, 6) is -0.551. The van der Waals surface area contributed by atoms with Gasteiger partial charge in [0.1, 0.15) is 5.82 Å². The van der Waals surface area contributed by atoms with Crippen molar-refractivity contribution in [3.63, 3.8) is 0 Å². The molecule has 1 heterocycles. The summed E-state index contributed by atoms with van der Waals surface area (Å²) in [7, 11) is -3.58. The van der Waals surface area contributed by atoms with Crippen LogP contribution >= 0.6 is 0 Å². The summed E-state index contributed by atoms with van der Waals surface area (Å²) < 4.78 is 38.3. The summed E-state index contributed by atoms with van der Waals surface area (Å²) in [6, 6.07) is 4.90. The van der Waals surface area contributed by atoms with Crippen LogP contribution in [0.25, 0.3) is 0 Å². The quantitative estimate of drug-likeness (QED) is 0.826. The zero-order chi connectivity index (χ0) is 11.8. The summed E-state index contributed by atoms with van der Waals surface area (Å²) in [5, 5.41) is 0. The van der Waals surface area contributed by atoms with Crippen molar-refractivity contribution in [2.45, 2.75) is 17.4 Å². The standard InChI is InChI=1S/C10H13FN2O2S/c11-8-2-1-3-10(6-8)16(14,15)13-5-4-9(12)7-13/h1-3,6,9H,4-5,7,12H2/t9-/m0/s1. The van der Waals surface area contributed by atoms with E-state index in [1.54, 1.807) is 0 Å². The van der Waals surface area contributed by atoms with E-state index in [1.807, 2.05) is 0 Å². The summed E-state index contributed by atoms with van der Waals surface area (Å²) in [6.45, 7) is 0.707. The molecule has 88 valence electrons. The molecular weight excluding hydrogens is 231 g/mol. The van der Waals surface area contributed by atoms with Crippen molar-refractivity contribution in [3.05, 3.63) is 30.1 Å². The van der Waals surface area contributed by atoms with Gasteiger partial charge in [0.05, 0.1) is 4.90 Å². The molecule has 2 N–H and O–H groups in total. The fraction of sp³-hybridized carbons (Fsp3) is 0.400. The lowest BCUT2D eigenvalue weighted by molar-refractivity contribution is 0.471. The van der Waals surface area contributed by atoms with E-state index in [9.17, 15) is 12.8 Å². The smallest absolute Gasteiger partial charge is 0.243 e. The van der Waals surface area contributed by atoms with E-state index < -0.39 is 15.8 Å². The van der Waals surface area contributed by atoms with Crippen LogP contribution in [0, 0.1) is 5.82 Å². The Morgan fingerprint density at radius 3 is 2.75 bits per heavy atom. The zero-order valence-corrected chi connectivity index (χ0v) is 9.45. The van der Waals surface area contributed by atoms with Crippen molar-refractivity contribution in [1.29, 1.82) is 0 Å². The number of benzene rings is 1. The van der Waals surface area contributed by atoms with Crippen LogP contribution in [0.3, 0.4) is 0 Å². The van der Waals surface area contributed by atoms with E-state index in [4.69, 9.17) is 5.73 Å². The Bertz CT molecular complexity index is 489.